The van der Waals surface area contributed by atoms with Crippen molar-refractivity contribution < 1.29 is 9.15 Å². The van der Waals surface area contributed by atoms with Crippen molar-refractivity contribution in [2.24, 2.45) is 0 Å². The van der Waals surface area contributed by atoms with Gasteiger partial charge in [0.1, 0.15) is 0 Å². The van der Waals surface area contributed by atoms with Gasteiger partial charge in [0.15, 0.2) is 23.5 Å². The number of para-hydroxylation sites is 2. The molecule has 2 N–H and O–H groups in total. The lowest BCUT2D eigenvalue weighted by atomic mass is 9.91. The molecule has 2 fully saturated rings. The summed E-state index contributed by atoms with van der Waals surface area (Å²) in [7, 11) is 0. The third-order valence-corrected chi connectivity index (χ3v) is 10.1. The van der Waals surface area contributed by atoms with Crippen LogP contribution < -0.4 is 10.6 Å². The molecule has 0 spiro atoms. The van der Waals surface area contributed by atoms with Crippen molar-refractivity contribution in [2.45, 2.75) is 102 Å². The second kappa shape index (κ2) is 10.9. The SMILES string of the molecule is CC1=[N+](C2CCCCC2)C(c2ccc(C3Nc4ccccc4C(C)=[N+]3C3CCCCC3)cc2)Nc2ccccc21. The van der Waals surface area contributed by atoms with Gasteiger partial charge in [0.25, 0.3) is 12.3 Å². The van der Waals surface area contributed by atoms with Crippen molar-refractivity contribution in [3.8, 4) is 0 Å². The molecule has 2 aliphatic carbocycles. The van der Waals surface area contributed by atoms with Gasteiger partial charge < -0.3 is 10.6 Å². The van der Waals surface area contributed by atoms with Gasteiger partial charge in [0, 0.05) is 50.7 Å². The van der Waals surface area contributed by atoms with E-state index in [0.29, 0.717) is 12.1 Å². The van der Waals surface area contributed by atoms with Gasteiger partial charge in [-0.2, -0.15) is 0 Å². The maximum atomic E-state index is 3.95. The fourth-order valence-electron chi connectivity index (χ4n) is 7.98. The molecule has 0 bridgehead atoms. The van der Waals surface area contributed by atoms with E-state index in [1.807, 2.05) is 0 Å². The van der Waals surface area contributed by atoms with Crippen molar-refractivity contribution in [3.05, 3.63) is 95.1 Å². The van der Waals surface area contributed by atoms with Crippen LogP contribution in [0.5, 0.6) is 0 Å². The van der Waals surface area contributed by atoms with Crippen LogP contribution in [-0.4, -0.2) is 32.7 Å². The number of hydrogen-bond donors (Lipinski definition) is 2. The first-order valence-corrected chi connectivity index (χ1v) is 15.7. The van der Waals surface area contributed by atoms with E-state index in [-0.39, 0.29) is 12.3 Å². The Morgan fingerprint density at radius 1 is 0.500 bits per heavy atom. The Bertz CT molecular complexity index is 1330. The predicted molar refractivity (Wildman–Crippen MR) is 166 cm³/mol. The average Bonchev–Trinajstić information content (AvgIpc) is 3.02. The summed E-state index contributed by atoms with van der Waals surface area (Å²) < 4.78 is 5.41. The summed E-state index contributed by atoms with van der Waals surface area (Å²) >= 11 is 0. The molecule has 2 heterocycles. The van der Waals surface area contributed by atoms with Gasteiger partial charge in [-0.05, 0) is 74.2 Å². The van der Waals surface area contributed by atoms with E-state index in [0.717, 1.165) is 0 Å². The molecule has 0 saturated heterocycles. The molecule has 2 atom stereocenters. The summed E-state index contributed by atoms with van der Waals surface area (Å²) in [6.45, 7) is 4.67. The molecule has 40 heavy (non-hydrogen) atoms. The summed E-state index contributed by atoms with van der Waals surface area (Å²) in [6.07, 6.45) is 13.6. The Hall–Kier alpha value is -3.40. The Balaban J connectivity index is 1.25. The van der Waals surface area contributed by atoms with Crippen LogP contribution >= 0.6 is 0 Å². The van der Waals surface area contributed by atoms with E-state index in [2.05, 4.69) is 106 Å². The molecule has 2 aliphatic heterocycles. The fourth-order valence-corrected chi connectivity index (χ4v) is 7.98. The number of benzene rings is 3. The van der Waals surface area contributed by atoms with Crippen LogP contribution in [0, 0.1) is 0 Å². The average molecular weight is 533 g/mol. The molecule has 0 aromatic heterocycles. The quantitative estimate of drug-likeness (QED) is 0.331. The number of hydrogen-bond acceptors (Lipinski definition) is 2. The van der Waals surface area contributed by atoms with E-state index >= 15 is 0 Å². The largest absolute Gasteiger partial charge is 0.323 e. The molecular weight excluding hydrogens is 488 g/mol. The number of nitrogens with one attached hydrogen (secondary N) is 2. The molecule has 2 unspecified atom stereocenters. The maximum absolute atomic E-state index is 3.95. The lowest BCUT2D eigenvalue weighted by molar-refractivity contribution is -0.606. The monoisotopic (exact) mass is 532 g/mol. The zero-order valence-electron chi connectivity index (χ0n) is 24.2. The minimum Gasteiger partial charge on any atom is -0.323 e. The predicted octanol–water partition coefficient (Wildman–Crippen LogP) is 8.24. The van der Waals surface area contributed by atoms with Crippen molar-refractivity contribution in [1.82, 2.24) is 0 Å². The highest BCUT2D eigenvalue weighted by atomic mass is 15.2. The van der Waals surface area contributed by atoms with Gasteiger partial charge in [-0.25, -0.2) is 9.15 Å². The number of rotatable bonds is 4. The maximum Gasteiger partial charge on any atom is 0.253 e. The van der Waals surface area contributed by atoms with Gasteiger partial charge in [0.05, 0.1) is 22.5 Å². The van der Waals surface area contributed by atoms with Crippen LogP contribution in [0.15, 0.2) is 72.8 Å². The third kappa shape index (κ3) is 4.56. The smallest absolute Gasteiger partial charge is 0.253 e. The first-order valence-electron chi connectivity index (χ1n) is 15.7. The summed E-state index contributed by atoms with van der Waals surface area (Å²) in [5.41, 5.74) is 10.7. The highest BCUT2D eigenvalue weighted by Gasteiger charge is 2.40. The molecule has 4 nitrogen and oxygen atoms in total. The minimum atomic E-state index is 0.162. The molecule has 3 aromatic carbocycles. The van der Waals surface area contributed by atoms with Crippen molar-refractivity contribution in [3.63, 3.8) is 0 Å². The third-order valence-electron chi connectivity index (χ3n) is 10.1. The van der Waals surface area contributed by atoms with Crippen LogP contribution in [0.4, 0.5) is 11.4 Å². The van der Waals surface area contributed by atoms with Gasteiger partial charge >= 0.3 is 0 Å². The van der Waals surface area contributed by atoms with Crippen LogP contribution in [0.25, 0.3) is 0 Å². The molecule has 2 saturated carbocycles. The van der Waals surface area contributed by atoms with Crippen molar-refractivity contribution in [1.29, 1.82) is 0 Å². The zero-order valence-corrected chi connectivity index (χ0v) is 24.2. The minimum absolute atomic E-state index is 0.162. The molecule has 7 rings (SSSR count). The highest BCUT2D eigenvalue weighted by Crippen LogP contribution is 2.37. The second-order valence-corrected chi connectivity index (χ2v) is 12.4. The van der Waals surface area contributed by atoms with Gasteiger partial charge in [-0.3, -0.25) is 0 Å². The normalized spacial score (nSPS) is 23.8. The van der Waals surface area contributed by atoms with Crippen LogP contribution in [-0.2, 0) is 0 Å². The van der Waals surface area contributed by atoms with E-state index in [1.165, 1.54) is 109 Å². The van der Waals surface area contributed by atoms with Crippen molar-refractivity contribution in [2.75, 3.05) is 10.6 Å². The van der Waals surface area contributed by atoms with Gasteiger partial charge in [-0.15, -0.1) is 0 Å². The lowest BCUT2D eigenvalue weighted by Gasteiger charge is -2.33. The summed E-state index contributed by atoms with van der Waals surface area (Å²) in [6, 6.07) is 28.4. The van der Waals surface area contributed by atoms with Crippen molar-refractivity contribution >= 4 is 22.8 Å². The molecule has 3 aromatic rings. The molecular formula is C36H44N4+2. The van der Waals surface area contributed by atoms with Gasteiger partial charge in [-0.1, -0.05) is 37.1 Å². The standard InChI is InChI=1S/C36H42N4/c1-25-31-17-9-11-19-33(31)37-35(39(25)29-13-5-3-6-14-29)27-21-23-28(24-22-27)36-38-34-20-12-10-18-32(34)26(2)40(36)30-15-7-4-8-16-30/h9-12,17-24,29-30,35-36H,3-8,13-16H2,1-2H3/p+2. The fraction of sp³-hybridized carbons (Fsp3) is 0.444. The van der Waals surface area contributed by atoms with Crippen LogP contribution in [0.1, 0.15) is 113 Å². The lowest BCUT2D eigenvalue weighted by Crippen LogP contribution is -2.42. The summed E-state index contributed by atoms with van der Waals surface area (Å²) in [4.78, 5) is 0. The zero-order chi connectivity index (χ0) is 27.1. The van der Waals surface area contributed by atoms with E-state index < -0.39 is 0 Å². The number of nitrogens with zero attached hydrogens (tertiary/aromatic N) is 2. The van der Waals surface area contributed by atoms with Gasteiger partial charge in [0.2, 0.25) is 0 Å². The number of fused-ring (bicyclic) bond motifs is 2. The second-order valence-electron chi connectivity index (χ2n) is 12.4. The first-order chi connectivity index (χ1) is 19.7. The van der Waals surface area contributed by atoms with Crippen LogP contribution in [0.2, 0.25) is 0 Å². The molecule has 0 amide bonds. The Labute approximate surface area is 239 Å². The molecule has 0 radical (unpaired) electrons. The molecule has 4 heteroatoms. The summed E-state index contributed by atoms with van der Waals surface area (Å²) in [5.74, 6) is 0. The van der Waals surface area contributed by atoms with Crippen LogP contribution in [0.3, 0.4) is 0 Å². The van der Waals surface area contributed by atoms with E-state index in [4.69, 9.17) is 0 Å². The first kappa shape index (κ1) is 25.6. The highest BCUT2D eigenvalue weighted by molar-refractivity contribution is 6.02. The summed E-state index contributed by atoms with van der Waals surface area (Å²) in [5, 5.41) is 7.89. The molecule has 4 aliphatic rings. The van der Waals surface area contributed by atoms with E-state index in [1.54, 1.807) is 0 Å². The molecule has 206 valence electrons. The Kier molecular flexibility index (Phi) is 6.95. The topological polar surface area (TPSA) is 30.1 Å². The van der Waals surface area contributed by atoms with E-state index in [9.17, 15) is 0 Å². The number of anilines is 2. The Morgan fingerprint density at radius 3 is 1.27 bits per heavy atom. The Morgan fingerprint density at radius 2 is 0.875 bits per heavy atom.